The van der Waals surface area contributed by atoms with Crippen LogP contribution in [0.5, 0.6) is 0 Å². The van der Waals surface area contributed by atoms with Crippen molar-refractivity contribution in [3.8, 4) is 0 Å². The van der Waals surface area contributed by atoms with Crippen LogP contribution in [0.1, 0.15) is 11.1 Å². The predicted molar refractivity (Wildman–Crippen MR) is 61.3 cm³/mol. The van der Waals surface area contributed by atoms with Crippen LogP contribution in [0.2, 0.25) is 0 Å². The molecule has 0 radical (unpaired) electrons. The first-order valence-electron chi connectivity index (χ1n) is 4.10. The molecule has 1 aliphatic rings. The van der Waals surface area contributed by atoms with Crippen LogP contribution in [0.15, 0.2) is 24.3 Å². The molecular formula is C10H9BrClN. The van der Waals surface area contributed by atoms with E-state index in [-0.39, 0.29) is 0 Å². The number of halogens is 2. The highest BCUT2D eigenvalue weighted by atomic mass is 79.9. The lowest BCUT2D eigenvalue weighted by atomic mass is 10.1. The van der Waals surface area contributed by atoms with Gasteiger partial charge >= 0.3 is 0 Å². The van der Waals surface area contributed by atoms with Gasteiger partial charge < -0.3 is 0 Å². The van der Waals surface area contributed by atoms with E-state index in [9.17, 15) is 0 Å². The Bertz CT molecular complexity index is 349. The number of hydrogen-bond donors (Lipinski definition) is 0. The second-order valence-corrected chi connectivity index (χ2v) is 3.94. The summed E-state index contributed by atoms with van der Waals surface area (Å²) < 4.78 is 1.74. The molecule has 1 aromatic rings. The number of alkyl halides is 1. The second-order valence-electron chi connectivity index (χ2n) is 2.97. The third kappa shape index (κ3) is 1.74. The van der Waals surface area contributed by atoms with Crippen LogP contribution >= 0.6 is 27.7 Å². The van der Waals surface area contributed by atoms with Gasteiger partial charge in [-0.1, -0.05) is 40.2 Å². The molecule has 0 unspecified atom stereocenters. The van der Waals surface area contributed by atoms with Crippen molar-refractivity contribution in [2.45, 2.75) is 5.33 Å². The van der Waals surface area contributed by atoms with Gasteiger partial charge in [0.05, 0.1) is 12.2 Å². The van der Waals surface area contributed by atoms with E-state index < -0.39 is 0 Å². The van der Waals surface area contributed by atoms with Crippen molar-refractivity contribution >= 4 is 39.5 Å². The molecule has 0 spiro atoms. The molecule has 0 saturated heterocycles. The molecule has 68 valence electrons. The summed E-state index contributed by atoms with van der Waals surface area (Å²) in [5.41, 5.74) is 3.53. The highest BCUT2D eigenvalue weighted by Gasteiger charge is 2.10. The second kappa shape index (κ2) is 3.72. The van der Waals surface area contributed by atoms with E-state index in [4.69, 9.17) is 11.8 Å². The Kier molecular flexibility index (Phi) is 2.61. The Morgan fingerprint density at radius 1 is 1.46 bits per heavy atom. The van der Waals surface area contributed by atoms with E-state index >= 15 is 0 Å². The van der Waals surface area contributed by atoms with Gasteiger partial charge in [0.15, 0.2) is 0 Å². The third-order valence-electron chi connectivity index (χ3n) is 2.07. The topological polar surface area (TPSA) is 3.24 Å². The van der Waals surface area contributed by atoms with E-state index in [2.05, 4.69) is 46.3 Å². The highest BCUT2D eigenvalue weighted by molar-refractivity contribution is 9.08. The number of benzene rings is 1. The summed E-state index contributed by atoms with van der Waals surface area (Å²) in [6.45, 7) is 0.778. The minimum atomic E-state index is 0.778. The lowest BCUT2D eigenvalue weighted by Crippen LogP contribution is -2.14. The Morgan fingerprint density at radius 2 is 2.31 bits per heavy atom. The van der Waals surface area contributed by atoms with Crippen LogP contribution in [0, 0.1) is 0 Å². The summed E-state index contributed by atoms with van der Waals surface area (Å²) in [4.78, 5) is 0. The summed E-state index contributed by atoms with van der Waals surface area (Å²) >= 11 is 9.47. The minimum Gasteiger partial charge on any atom is -0.281 e. The summed E-state index contributed by atoms with van der Waals surface area (Å²) in [6.07, 6.45) is 4.16. The molecule has 0 aliphatic carbocycles. The first-order chi connectivity index (χ1) is 6.31. The van der Waals surface area contributed by atoms with Gasteiger partial charge in [0.2, 0.25) is 0 Å². The van der Waals surface area contributed by atoms with Crippen molar-refractivity contribution < 1.29 is 0 Å². The number of hydrogen-bond acceptors (Lipinski definition) is 1. The number of anilines is 1. The molecule has 0 fully saturated rings. The monoisotopic (exact) mass is 257 g/mol. The van der Waals surface area contributed by atoms with Gasteiger partial charge in [-0.3, -0.25) is 4.42 Å². The Morgan fingerprint density at radius 3 is 3.08 bits per heavy atom. The van der Waals surface area contributed by atoms with Crippen LogP contribution < -0.4 is 4.42 Å². The zero-order valence-electron chi connectivity index (χ0n) is 7.00. The Hall–Kier alpha value is -0.470. The fraction of sp³-hybridized carbons (Fsp3) is 0.200. The van der Waals surface area contributed by atoms with Gasteiger partial charge in [0.25, 0.3) is 0 Å². The van der Waals surface area contributed by atoms with E-state index in [1.807, 2.05) is 0 Å². The molecule has 3 heteroatoms. The van der Waals surface area contributed by atoms with Crippen molar-refractivity contribution in [3.05, 3.63) is 35.4 Å². The SMILES string of the molecule is ClN1CC=Cc2ccc(CBr)cc21. The summed E-state index contributed by atoms with van der Waals surface area (Å²) in [5, 5.41) is 0.870. The zero-order valence-corrected chi connectivity index (χ0v) is 9.35. The largest absolute Gasteiger partial charge is 0.281 e. The third-order valence-corrected chi connectivity index (χ3v) is 3.04. The number of fused-ring (bicyclic) bond motifs is 1. The molecule has 0 bridgehead atoms. The van der Waals surface area contributed by atoms with Gasteiger partial charge in [0, 0.05) is 17.1 Å². The van der Waals surface area contributed by atoms with Crippen LogP contribution in [-0.4, -0.2) is 6.54 Å². The van der Waals surface area contributed by atoms with Crippen LogP contribution in [0.3, 0.4) is 0 Å². The summed E-state index contributed by atoms with van der Waals surface area (Å²) in [5.74, 6) is 0. The van der Waals surface area contributed by atoms with Crippen molar-refractivity contribution in [1.29, 1.82) is 0 Å². The average molecular weight is 259 g/mol. The first-order valence-corrected chi connectivity index (χ1v) is 5.56. The Labute approximate surface area is 91.2 Å². The van der Waals surface area contributed by atoms with Gasteiger partial charge in [0.1, 0.15) is 0 Å². The quantitative estimate of drug-likeness (QED) is 0.550. The van der Waals surface area contributed by atoms with Crippen LogP contribution in [-0.2, 0) is 5.33 Å². The predicted octanol–water partition coefficient (Wildman–Crippen LogP) is 3.57. The Balaban J connectivity index is 2.48. The molecule has 2 rings (SSSR count). The molecule has 1 heterocycles. The van der Waals surface area contributed by atoms with Gasteiger partial charge in [-0.25, -0.2) is 0 Å². The van der Waals surface area contributed by atoms with Crippen molar-refractivity contribution in [2.24, 2.45) is 0 Å². The van der Waals surface area contributed by atoms with E-state index in [0.717, 1.165) is 17.6 Å². The molecular weight excluding hydrogens is 249 g/mol. The summed E-state index contributed by atoms with van der Waals surface area (Å²) in [7, 11) is 0. The lowest BCUT2D eigenvalue weighted by Gasteiger charge is -2.20. The molecule has 0 amide bonds. The molecule has 0 saturated carbocycles. The molecule has 1 aromatic carbocycles. The van der Waals surface area contributed by atoms with E-state index in [0.29, 0.717) is 0 Å². The summed E-state index contributed by atoms with van der Waals surface area (Å²) in [6, 6.07) is 6.31. The van der Waals surface area contributed by atoms with Gasteiger partial charge in [-0.15, -0.1) is 0 Å². The average Bonchev–Trinajstić information content (AvgIpc) is 2.18. The minimum absolute atomic E-state index is 0.778. The fourth-order valence-corrected chi connectivity index (χ4v) is 1.97. The van der Waals surface area contributed by atoms with Gasteiger partial charge in [-0.2, -0.15) is 0 Å². The maximum atomic E-state index is 6.04. The number of rotatable bonds is 1. The fourth-order valence-electron chi connectivity index (χ4n) is 1.39. The standard InChI is InChI=1S/C10H9BrClN/c11-7-8-3-4-9-2-1-5-13(12)10(9)6-8/h1-4,6H,5,7H2. The molecule has 1 nitrogen and oxygen atoms in total. The first kappa shape index (κ1) is 9.10. The lowest BCUT2D eigenvalue weighted by molar-refractivity contribution is 1.17. The molecule has 0 aromatic heterocycles. The number of nitrogens with zero attached hydrogens (tertiary/aromatic N) is 1. The molecule has 13 heavy (non-hydrogen) atoms. The molecule has 1 aliphatic heterocycles. The van der Waals surface area contributed by atoms with E-state index in [1.54, 1.807) is 4.42 Å². The molecule has 0 atom stereocenters. The van der Waals surface area contributed by atoms with E-state index in [1.165, 1.54) is 11.1 Å². The highest BCUT2D eigenvalue weighted by Crippen LogP contribution is 2.28. The van der Waals surface area contributed by atoms with Crippen LogP contribution in [0.4, 0.5) is 5.69 Å². The smallest absolute Gasteiger partial charge is 0.0602 e. The van der Waals surface area contributed by atoms with Crippen molar-refractivity contribution in [2.75, 3.05) is 11.0 Å². The maximum absolute atomic E-state index is 6.04. The molecule has 0 N–H and O–H groups in total. The van der Waals surface area contributed by atoms with Crippen molar-refractivity contribution in [1.82, 2.24) is 0 Å². The van der Waals surface area contributed by atoms with Gasteiger partial charge in [-0.05, 0) is 17.2 Å². The normalized spacial score (nSPS) is 14.5. The maximum Gasteiger partial charge on any atom is 0.0602 e. The zero-order chi connectivity index (χ0) is 9.26. The van der Waals surface area contributed by atoms with Crippen molar-refractivity contribution in [3.63, 3.8) is 0 Å². The van der Waals surface area contributed by atoms with Crippen LogP contribution in [0.25, 0.3) is 6.08 Å².